The largest absolute Gasteiger partial charge is 0.480 e. The molecule has 6 heteroatoms. The standard InChI is InChI=1S/C14H20N2O4/c1-5-7(2)11(14(19)20)16-13(18)10-8(3)6-9(4)15-12(10)17/h6-7,11H,5H2,1-4H3,(H,15,17)(H,16,18)(H,19,20)/t7-,11-/m0/s1. The number of aromatic nitrogens is 1. The number of H-pyrrole nitrogens is 1. The first-order chi connectivity index (χ1) is 9.27. The van der Waals surface area contributed by atoms with Crippen molar-refractivity contribution in [3.05, 3.63) is 33.2 Å². The highest BCUT2D eigenvalue weighted by atomic mass is 16.4. The number of nitrogens with one attached hydrogen (secondary N) is 2. The van der Waals surface area contributed by atoms with Crippen molar-refractivity contribution in [3.63, 3.8) is 0 Å². The van der Waals surface area contributed by atoms with Crippen LogP contribution in [-0.2, 0) is 4.79 Å². The van der Waals surface area contributed by atoms with Crippen LogP contribution in [0.5, 0.6) is 0 Å². The molecule has 0 aliphatic heterocycles. The van der Waals surface area contributed by atoms with Crippen molar-refractivity contribution >= 4 is 11.9 Å². The van der Waals surface area contributed by atoms with Crippen LogP contribution in [0.25, 0.3) is 0 Å². The normalized spacial score (nSPS) is 13.6. The topological polar surface area (TPSA) is 99.3 Å². The molecule has 0 bridgehead atoms. The number of carbonyl (C=O) groups is 2. The fourth-order valence-electron chi connectivity index (χ4n) is 2.03. The fraction of sp³-hybridized carbons (Fsp3) is 0.500. The van der Waals surface area contributed by atoms with Gasteiger partial charge in [0.2, 0.25) is 0 Å². The Morgan fingerprint density at radius 1 is 1.40 bits per heavy atom. The van der Waals surface area contributed by atoms with Crippen LogP contribution in [0.15, 0.2) is 10.9 Å². The zero-order chi connectivity index (χ0) is 15.4. The highest BCUT2D eigenvalue weighted by molar-refractivity contribution is 5.97. The van der Waals surface area contributed by atoms with Crippen LogP contribution < -0.4 is 10.9 Å². The van der Waals surface area contributed by atoms with Gasteiger partial charge in [0, 0.05) is 5.69 Å². The van der Waals surface area contributed by atoms with Gasteiger partial charge < -0.3 is 15.4 Å². The van der Waals surface area contributed by atoms with E-state index in [0.29, 0.717) is 17.7 Å². The van der Waals surface area contributed by atoms with Crippen molar-refractivity contribution in [1.29, 1.82) is 0 Å². The summed E-state index contributed by atoms with van der Waals surface area (Å²) in [6, 6.07) is 0.669. The lowest BCUT2D eigenvalue weighted by Gasteiger charge is -2.20. The number of carbonyl (C=O) groups excluding carboxylic acids is 1. The molecule has 1 aromatic heterocycles. The van der Waals surface area contributed by atoms with Gasteiger partial charge in [-0.25, -0.2) is 4.79 Å². The lowest BCUT2D eigenvalue weighted by molar-refractivity contribution is -0.140. The Labute approximate surface area is 117 Å². The van der Waals surface area contributed by atoms with E-state index in [2.05, 4.69) is 10.3 Å². The van der Waals surface area contributed by atoms with Gasteiger partial charge in [-0.15, -0.1) is 0 Å². The number of aromatic amines is 1. The summed E-state index contributed by atoms with van der Waals surface area (Å²) in [5, 5.41) is 11.6. The van der Waals surface area contributed by atoms with Crippen LogP contribution in [0.2, 0.25) is 0 Å². The molecule has 20 heavy (non-hydrogen) atoms. The summed E-state index contributed by atoms with van der Waals surface area (Å²) in [5.41, 5.74) is 0.635. The highest BCUT2D eigenvalue weighted by Gasteiger charge is 2.27. The number of carboxylic acids is 1. The average molecular weight is 280 g/mol. The smallest absolute Gasteiger partial charge is 0.326 e. The molecule has 0 saturated carbocycles. The lowest BCUT2D eigenvalue weighted by Crippen LogP contribution is -2.46. The number of rotatable bonds is 5. The molecule has 6 nitrogen and oxygen atoms in total. The van der Waals surface area contributed by atoms with E-state index in [4.69, 9.17) is 5.11 Å². The van der Waals surface area contributed by atoms with Crippen LogP contribution in [0.3, 0.4) is 0 Å². The van der Waals surface area contributed by atoms with E-state index in [-0.39, 0.29) is 11.5 Å². The third-order valence-electron chi connectivity index (χ3n) is 3.36. The Morgan fingerprint density at radius 2 is 2.00 bits per heavy atom. The van der Waals surface area contributed by atoms with Crippen LogP contribution in [0.4, 0.5) is 0 Å². The van der Waals surface area contributed by atoms with Crippen molar-refractivity contribution in [2.75, 3.05) is 0 Å². The van der Waals surface area contributed by atoms with Gasteiger partial charge in [0.1, 0.15) is 11.6 Å². The molecule has 1 amide bonds. The molecule has 1 heterocycles. The summed E-state index contributed by atoms with van der Waals surface area (Å²) >= 11 is 0. The molecular formula is C14H20N2O4. The third-order valence-corrected chi connectivity index (χ3v) is 3.36. The third kappa shape index (κ3) is 3.46. The Balaban J connectivity index is 3.07. The van der Waals surface area contributed by atoms with E-state index in [0.717, 1.165) is 0 Å². The molecule has 0 aliphatic rings. The predicted octanol–water partition coefficient (Wildman–Crippen LogP) is 1.22. The number of aryl methyl sites for hydroxylation is 2. The second-order valence-electron chi connectivity index (χ2n) is 5.01. The minimum Gasteiger partial charge on any atom is -0.480 e. The van der Waals surface area contributed by atoms with Crippen molar-refractivity contribution < 1.29 is 14.7 Å². The number of aliphatic carboxylic acids is 1. The number of hydrogen-bond donors (Lipinski definition) is 3. The molecule has 1 rings (SSSR count). The second kappa shape index (κ2) is 6.36. The summed E-state index contributed by atoms with van der Waals surface area (Å²) in [7, 11) is 0. The summed E-state index contributed by atoms with van der Waals surface area (Å²) in [6.07, 6.45) is 0.612. The van der Waals surface area contributed by atoms with Crippen LogP contribution in [-0.4, -0.2) is 28.0 Å². The van der Waals surface area contributed by atoms with Gasteiger partial charge in [0.15, 0.2) is 0 Å². The summed E-state index contributed by atoms with van der Waals surface area (Å²) < 4.78 is 0. The first-order valence-corrected chi connectivity index (χ1v) is 6.52. The minimum atomic E-state index is -1.10. The monoisotopic (exact) mass is 280 g/mol. The molecule has 0 aliphatic carbocycles. The van der Waals surface area contributed by atoms with E-state index in [1.54, 1.807) is 26.8 Å². The van der Waals surface area contributed by atoms with E-state index in [1.807, 2.05) is 6.92 Å². The maximum Gasteiger partial charge on any atom is 0.326 e. The zero-order valence-electron chi connectivity index (χ0n) is 12.1. The Bertz CT molecular complexity index is 577. The van der Waals surface area contributed by atoms with Gasteiger partial charge >= 0.3 is 5.97 Å². The molecule has 1 aromatic rings. The molecule has 0 aromatic carbocycles. The SMILES string of the molecule is CC[C@H](C)[C@H](NC(=O)c1c(C)cc(C)[nH]c1=O)C(=O)O. The van der Waals surface area contributed by atoms with Gasteiger partial charge in [0.05, 0.1) is 0 Å². The predicted molar refractivity (Wildman–Crippen MR) is 74.9 cm³/mol. The first kappa shape index (κ1) is 15.9. The second-order valence-corrected chi connectivity index (χ2v) is 5.01. The highest BCUT2D eigenvalue weighted by Crippen LogP contribution is 2.10. The van der Waals surface area contributed by atoms with Crippen molar-refractivity contribution in [2.24, 2.45) is 5.92 Å². The first-order valence-electron chi connectivity index (χ1n) is 6.52. The lowest BCUT2D eigenvalue weighted by atomic mass is 9.98. The van der Waals surface area contributed by atoms with E-state index in [1.165, 1.54) is 0 Å². The van der Waals surface area contributed by atoms with Gasteiger partial charge in [-0.1, -0.05) is 20.3 Å². The Morgan fingerprint density at radius 3 is 2.45 bits per heavy atom. The zero-order valence-corrected chi connectivity index (χ0v) is 12.1. The van der Waals surface area contributed by atoms with Crippen molar-refractivity contribution in [2.45, 2.75) is 40.2 Å². The summed E-state index contributed by atoms with van der Waals surface area (Å²) in [6.45, 7) is 6.95. The molecule has 3 N–H and O–H groups in total. The van der Waals surface area contributed by atoms with E-state index < -0.39 is 23.5 Å². The molecular weight excluding hydrogens is 260 g/mol. The average Bonchev–Trinajstić information content (AvgIpc) is 2.33. The minimum absolute atomic E-state index is 0.0369. The van der Waals surface area contributed by atoms with Crippen molar-refractivity contribution in [3.8, 4) is 0 Å². The number of carboxylic acid groups (broad SMARTS) is 1. The quantitative estimate of drug-likeness (QED) is 0.755. The van der Waals surface area contributed by atoms with E-state index in [9.17, 15) is 14.4 Å². The maximum absolute atomic E-state index is 12.1. The molecule has 0 unspecified atom stereocenters. The van der Waals surface area contributed by atoms with Gasteiger partial charge in [-0.2, -0.15) is 0 Å². The summed E-state index contributed by atoms with van der Waals surface area (Å²) in [5.74, 6) is -1.98. The molecule has 0 saturated heterocycles. The summed E-state index contributed by atoms with van der Waals surface area (Å²) in [4.78, 5) is 37.7. The molecule has 0 spiro atoms. The van der Waals surface area contributed by atoms with Gasteiger partial charge in [0.25, 0.3) is 11.5 Å². The molecule has 2 atom stereocenters. The number of pyridine rings is 1. The molecule has 0 radical (unpaired) electrons. The number of hydrogen-bond acceptors (Lipinski definition) is 3. The molecule has 0 fully saturated rings. The van der Waals surface area contributed by atoms with E-state index >= 15 is 0 Å². The van der Waals surface area contributed by atoms with Gasteiger partial charge in [-0.05, 0) is 31.4 Å². The van der Waals surface area contributed by atoms with Crippen LogP contribution in [0.1, 0.15) is 41.9 Å². The Kier molecular flexibility index (Phi) is 5.07. The Hall–Kier alpha value is -2.11. The van der Waals surface area contributed by atoms with Gasteiger partial charge in [-0.3, -0.25) is 9.59 Å². The number of amides is 1. The van der Waals surface area contributed by atoms with Crippen molar-refractivity contribution in [1.82, 2.24) is 10.3 Å². The van der Waals surface area contributed by atoms with Crippen LogP contribution >= 0.6 is 0 Å². The van der Waals surface area contributed by atoms with Crippen LogP contribution in [0, 0.1) is 19.8 Å². The molecule has 110 valence electrons. The maximum atomic E-state index is 12.1. The fourth-order valence-corrected chi connectivity index (χ4v) is 2.03.